The number of carbonyl (C=O) groups excluding carboxylic acids is 3. The van der Waals surface area contributed by atoms with E-state index in [0.29, 0.717) is 23.4 Å². The summed E-state index contributed by atoms with van der Waals surface area (Å²) < 4.78 is 10.2. The number of amides is 1. The molecule has 0 radical (unpaired) electrons. The molecule has 142 valence electrons. The molecule has 0 atom stereocenters. The zero-order chi connectivity index (χ0) is 19.8. The predicted molar refractivity (Wildman–Crippen MR) is 101 cm³/mol. The standard InChI is InChI=1S/C21H23NO5/c1-14-6-4-5-7-17(14)12-22-20(24)13-27-21(25)11-18-10-16(15(2)23)8-9-19(18)26-3/h4-10H,11-13H2,1-3H3,(H,22,24). The minimum Gasteiger partial charge on any atom is -0.496 e. The van der Waals surface area contributed by atoms with E-state index in [4.69, 9.17) is 9.47 Å². The first-order valence-corrected chi connectivity index (χ1v) is 8.55. The fourth-order valence-corrected chi connectivity index (χ4v) is 2.54. The molecule has 0 aromatic heterocycles. The number of ketones is 1. The van der Waals surface area contributed by atoms with Crippen molar-refractivity contribution in [1.29, 1.82) is 0 Å². The average molecular weight is 369 g/mol. The average Bonchev–Trinajstić information content (AvgIpc) is 2.65. The van der Waals surface area contributed by atoms with Crippen LogP contribution in [0.1, 0.15) is 34.0 Å². The lowest BCUT2D eigenvalue weighted by Crippen LogP contribution is -2.29. The fraction of sp³-hybridized carbons (Fsp3) is 0.286. The Balaban J connectivity index is 1.87. The molecule has 1 N–H and O–H groups in total. The highest BCUT2D eigenvalue weighted by molar-refractivity contribution is 5.94. The van der Waals surface area contributed by atoms with Crippen molar-refractivity contribution in [1.82, 2.24) is 5.32 Å². The molecule has 6 heteroatoms. The van der Waals surface area contributed by atoms with Gasteiger partial charge >= 0.3 is 5.97 Å². The van der Waals surface area contributed by atoms with Crippen molar-refractivity contribution in [3.8, 4) is 5.75 Å². The molecule has 0 saturated carbocycles. The number of methoxy groups -OCH3 is 1. The van der Waals surface area contributed by atoms with Gasteiger partial charge in [0.15, 0.2) is 12.4 Å². The third-order valence-electron chi connectivity index (χ3n) is 4.12. The lowest BCUT2D eigenvalue weighted by atomic mass is 10.0. The van der Waals surface area contributed by atoms with Crippen LogP contribution in [-0.4, -0.2) is 31.4 Å². The van der Waals surface area contributed by atoms with Gasteiger partial charge in [-0.15, -0.1) is 0 Å². The fourth-order valence-electron chi connectivity index (χ4n) is 2.54. The van der Waals surface area contributed by atoms with E-state index in [2.05, 4.69) is 5.32 Å². The van der Waals surface area contributed by atoms with Crippen LogP contribution >= 0.6 is 0 Å². The van der Waals surface area contributed by atoms with E-state index in [1.807, 2.05) is 31.2 Å². The highest BCUT2D eigenvalue weighted by Crippen LogP contribution is 2.21. The van der Waals surface area contributed by atoms with Crippen LogP contribution in [-0.2, 0) is 27.3 Å². The third-order valence-corrected chi connectivity index (χ3v) is 4.12. The Morgan fingerprint density at radius 3 is 2.44 bits per heavy atom. The Bertz CT molecular complexity index is 844. The van der Waals surface area contributed by atoms with Gasteiger partial charge < -0.3 is 14.8 Å². The second kappa shape index (κ2) is 9.52. The first-order chi connectivity index (χ1) is 12.9. The first-order valence-electron chi connectivity index (χ1n) is 8.55. The monoisotopic (exact) mass is 369 g/mol. The first kappa shape index (κ1) is 20.2. The largest absolute Gasteiger partial charge is 0.496 e. The van der Waals surface area contributed by atoms with Gasteiger partial charge in [-0.05, 0) is 43.2 Å². The number of Topliss-reactive ketones (excluding diaryl/α,β-unsaturated/α-hetero) is 1. The van der Waals surface area contributed by atoms with Gasteiger partial charge in [-0.3, -0.25) is 14.4 Å². The molecular formula is C21H23NO5. The number of aryl methyl sites for hydroxylation is 1. The summed E-state index contributed by atoms with van der Waals surface area (Å²) in [7, 11) is 1.48. The van der Waals surface area contributed by atoms with Crippen LogP contribution in [0.2, 0.25) is 0 Å². The van der Waals surface area contributed by atoms with Crippen molar-refractivity contribution in [2.75, 3.05) is 13.7 Å². The van der Waals surface area contributed by atoms with Crippen LogP contribution < -0.4 is 10.1 Å². The predicted octanol–water partition coefficient (Wildman–Crippen LogP) is 2.61. The molecule has 1 amide bonds. The van der Waals surface area contributed by atoms with Gasteiger partial charge in [-0.1, -0.05) is 24.3 Å². The number of hydrogen-bond donors (Lipinski definition) is 1. The lowest BCUT2D eigenvalue weighted by molar-refractivity contribution is -0.147. The van der Waals surface area contributed by atoms with Gasteiger partial charge in [0.1, 0.15) is 5.75 Å². The quantitative estimate of drug-likeness (QED) is 0.571. The third kappa shape index (κ3) is 5.95. The molecule has 0 saturated heterocycles. The summed E-state index contributed by atoms with van der Waals surface area (Å²) in [6.45, 7) is 3.42. The number of esters is 1. The molecule has 0 fully saturated rings. The summed E-state index contributed by atoms with van der Waals surface area (Å²) in [5, 5.41) is 2.72. The molecule has 27 heavy (non-hydrogen) atoms. The van der Waals surface area contributed by atoms with Crippen molar-refractivity contribution in [2.45, 2.75) is 26.8 Å². The minimum absolute atomic E-state index is 0.0879. The molecule has 2 aromatic rings. The number of hydrogen-bond acceptors (Lipinski definition) is 5. The van der Waals surface area contributed by atoms with Crippen molar-refractivity contribution in [2.24, 2.45) is 0 Å². The van der Waals surface area contributed by atoms with Crippen molar-refractivity contribution in [3.63, 3.8) is 0 Å². The molecular weight excluding hydrogens is 346 g/mol. The second-order valence-electron chi connectivity index (χ2n) is 6.12. The smallest absolute Gasteiger partial charge is 0.310 e. The van der Waals surface area contributed by atoms with Crippen LogP contribution in [0.4, 0.5) is 0 Å². The zero-order valence-corrected chi connectivity index (χ0v) is 15.7. The van der Waals surface area contributed by atoms with Gasteiger partial charge in [0.05, 0.1) is 13.5 Å². The number of carbonyl (C=O) groups is 3. The zero-order valence-electron chi connectivity index (χ0n) is 15.7. The second-order valence-corrected chi connectivity index (χ2v) is 6.12. The SMILES string of the molecule is COc1ccc(C(C)=O)cc1CC(=O)OCC(=O)NCc1ccccc1C. The maximum atomic E-state index is 12.1. The van der Waals surface area contributed by atoms with Crippen LogP contribution in [0.3, 0.4) is 0 Å². The van der Waals surface area contributed by atoms with Gasteiger partial charge in [0, 0.05) is 17.7 Å². The summed E-state index contributed by atoms with van der Waals surface area (Å²) in [6, 6.07) is 12.6. The summed E-state index contributed by atoms with van der Waals surface area (Å²) in [5.41, 5.74) is 3.10. The molecule has 2 aromatic carbocycles. The molecule has 6 nitrogen and oxygen atoms in total. The molecule has 0 heterocycles. The van der Waals surface area contributed by atoms with Crippen LogP contribution in [0.25, 0.3) is 0 Å². The van der Waals surface area contributed by atoms with E-state index < -0.39 is 5.97 Å². The van der Waals surface area contributed by atoms with E-state index in [1.54, 1.807) is 18.2 Å². The van der Waals surface area contributed by atoms with Crippen molar-refractivity contribution in [3.05, 3.63) is 64.7 Å². The molecule has 0 aliphatic rings. The maximum Gasteiger partial charge on any atom is 0.310 e. The lowest BCUT2D eigenvalue weighted by Gasteiger charge is -2.11. The van der Waals surface area contributed by atoms with Crippen LogP contribution in [0.15, 0.2) is 42.5 Å². The van der Waals surface area contributed by atoms with Crippen molar-refractivity contribution < 1.29 is 23.9 Å². The van der Waals surface area contributed by atoms with Gasteiger partial charge in [0.2, 0.25) is 0 Å². The van der Waals surface area contributed by atoms with Gasteiger partial charge in [-0.2, -0.15) is 0 Å². The Kier molecular flexibility index (Phi) is 7.11. The number of benzene rings is 2. The number of nitrogens with one attached hydrogen (secondary N) is 1. The van der Waals surface area contributed by atoms with Crippen LogP contribution in [0, 0.1) is 6.92 Å². The Labute approximate surface area is 158 Å². The van der Waals surface area contributed by atoms with Gasteiger partial charge in [0.25, 0.3) is 5.91 Å². The maximum absolute atomic E-state index is 12.1. The Morgan fingerprint density at radius 1 is 1.04 bits per heavy atom. The molecule has 0 unspecified atom stereocenters. The topological polar surface area (TPSA) is 81.7 Å². The highest BCUT2D eigenvalue weighted by atomic mass is 16.5. The normalized spacial score (nSPS) is 10.2. The summed E-state index contributed by atoms with van der Waals surface area (Å²) >= 11 is 0. The minimum atomic E-state index is -0.569. The highest BCUT2D eigenvalue weighted by Gasteiger charge is 2.14. The van der Waals surface area contributed by atoms with E-state index in [9.17, 15) is 14.4 Å². The molecule has 0 spiro atoms. The van der Waals surface area contributed by atoms with E-state index in [-0.39, 0.29) is 24.7 Å². The number of rotatable bonds is 8. The van der Waals surface area contributed by atoms with E-state index >= 15 is 0 Å². The Morgan fingerprint density at radius 2 is 1.78 bits per heavy atom. The molecule has 0 aliphatic carbocycles. The van der Waals surface area contributed by atoms with Crippen LogP contribution in [0.5, 0.6) is 5.75 Å². The van der Waals surface area contributed by atoms with E-state index in [0.717, 1.165) is 11.1 Å². The summed E-state index contributed by atoms with van der Waals surface area (Å²) in [4.78, 5) is 35.4. The van der Waals surface area contributed by atoms with Crippen molar-refractivity contribution >= 4 is 17.7 Å². The molecule has 0 bridgehead atoms. The molecule has 2 rings (SSSR count). The molecule has 0 aliphatic heterocycles. The van der Waals surface area contributed by atoms with E-state index in [1.165, 1.54) is 14.0 Å². The summed E-state index contributed by atoms with van der Waals surface area (Å²) in [5.74, 6) is -0.570. The number of ether oxygens (including phenoxy) is 2. The van der Waals surface area contributed by atoms with Gasteiger partial charge in [-0.25, -0.2) is 0 Å². The Hall–Kier alpha value is -3.15. The summed E-state index contributed by atoms with van der Waals surface area (Å²) in [6.07, 6.45) is -0.0879.